The lowest BCUT2D eigenvalue weighted by molar-refractivity contribution is -0.139. The molecule has 110 valence electrons. The summed E-state index contributed by atoms with van der Waals surface area (Å²) in [5.74, 6) is 0.185. The number of amides is 1. The highest BCUT2D eigenvalue weighted by molar-refractivity contribution is 5.86. The van der Waals surface area contributed by atoms with E-state index in [4.69, 9.17) is 5.73 Å². The number of carbonyl (C=O) groups is 1. The first-order chi connectivity index (χ1) is 10.1. The Morgan fingerprint density at radius 3 is 2.81 bits per heavy atom. The highest BCUT2D eigenvalue weighted by atomic mass is 16.2. The molecule has 1 aliphatic heterocycles. The highest BCUT2D eigenvalue weighted by Gasteiger charge is 2.37. The molecule has 2 N–H and O–H groups in total. The minimum Gasteiger partial charge on any atom is -0.332 e. The lowest BCUT2D eigenvalue weighted by Crippen LogP contribution is -2.51. The molecule has 1 amide bonds. The summed E-state index contributed by atoms with van der Waals surface area (Å²) in [5, 5.41) is 2.22. The van der Waals surface area contributed by atoms with E-state index in [1.54, 1.807) is 0 Å². The van der Waals surface area contributed by atoms with E-state index in [0.29, 0.717) is 6.42 Å². The van der Waals surface area contributed by atoms with Crippen molar-refractivity contribution in [1.82, 2.24) is 9.88 Å². The van der Waals surface area contributed by atoms with Crippen LogP contribution < -0.4 is 5.73 Å². The second-order valence-electron chi connectivity index (χ2n) is 5.99. The van der Waals surface area contributed by atoms with Crippen molar-refractivity contribution in [2.24, 2.45) is 5.73 Å². The summed E-state index contributed by atoms with van der Waals surface area (Å²) in [7, 11) is 0. The van der Waals surface area contributed by atoms with Gasteiger partial charge in [-0.15, -0.1) is 0 Å². The molecule has 2 unspecified atom stereocenters. The van der Waals surface area contributed by atoms with E-state index in [-0.39, 0.29) is 24.0 Å². The summed E-state index contributed by atoms with van der Waals surface area (Å²) >= 11 is 0. The molecule has 2 atom stereocenters. The molecule has 21 heavy (non-hydrogen) atoms. The maximum atomic E-state index is 12.4. The van der Waals surface area contributed by atoms with Gasteiger partial charge >= 0.3 is 0 Å². The topological polar surface area (TPSA) is 59.2 Å². The van der Waals surface area contributed by atoms with E-state index < -0.39 is 0 Å². The monoisotopic (exact) mass is 283 g/mol. The van der Waals surface area contributed by atoms with Crippen LogP contribution in [0.5, 0.6) is 0 Å². The molecule has 0 saturated carbocycles. The minimum atomic E-state index is -0.0927. The Labute approximate surface area is 125 Å². The molecular formula is C17H21N3O. The third kappa shape index (κ3) is 2.40. The third-order valence-corrected chi connectivity index (χ3v) is 4.26. The summed E-state index contributed by atoms with van der Waals surface area (Å²) in [6, 6.07) is 8.13. The van der Waals surface area contributed by atoms with Crippen LogP contribution in [0, 0.1) is 0 Å². The summed E-state index contributed by atoms with van der Waals surface area (Å²) < 4.78 is 0. The molecule has 4 heteroatoms. The SMILES string of the molecule is CC(C)N1C(=O)CCC(N)C1c1cncc2ccccc12. The summed E-state index contributed by atoms with van der Waals surface area (Å²) in [4.78, 5) is 18.6. The summed E-state index contributed by atoms with van der Waals surface area (Å²) in [5.41, 5.74) is 7.43. The number of rotatable bonds is 2. The van der Waals surface area contributed by atoms with Crippen molar-refractivity contribution < 1.29 is 4.79 Å². The fraction of sp³-hybridized carbons (Fsp3) is 0.412. The van der Waals surface area contributed by atoms with Gasteiger partial charge in [0, 0.05) is 41.8 Å². The fourth-order valence-corrected chi connectivity index (χ4v) is 3.30. The Morgan fingerprint density at radius 1 is 1.29 bits per heavy atom. The quantitative estimate of drug-likeness (QED) is 0.921. The second-order valence-corrected chi connectivity index (χ2v) is 5.99. The number of piperidine rings is 1. The number of nitrogens with zero attached hydrogens (tertiary/aromatic N) is 2. The van der Waals surface area contributed by atoms with Crippen molar-refractivity contribution in [1.29, 1.82) is 0 Å². The molecular weight excluding hydrogens is 262 g/mol. The van der Waals surface area contributed by atoms with E-state index in [2.05, 4.69) is 11.1 Å². The van der Waals surface area contributed by atoms with Gasteiger partial charge < -0.3 is 10.6 Å². The van der Waals surface area contributed by atoms with Crippen LogP contribution in [0.15, 0.2) is 36.7 Å². The van der Waals surface area contributed by atoms with Gasteiger partial charge in [-0.05, 0) is 25.7 Å². The van der Waals surface area contributed by atoms with Gasteiger partial charge in [-0.25, -0.2) is 0 Å². The number of hydrogen-bond donors (Lipinski definition) is 1. The molecule has 3 rings (SSSR count). The molecule has 2 heterocycles. The van der Waals surface area contributed by atoms with Crippen LogP contribution in [0.4, 0.5) is 0 Å². The number of aromatic nitrogens is 1. The molecule has 2 aromatic rings. The Bertz CT molecular complexity index is 663. The number of carbonyl (C=O) groups excluding carboxylic acids is 1. The number of nitrogens with two attached hydrogens (primary N) is 1. The Morgan fingerprint density at radius 2 is 2.05 bits per heavy atom. The number of hydrogen-bond acceptors (Lipinski definition) is 3. The van der Waals surface area contributed by atoms with E-state index in [9.17, 15) is 4.79 Å². The van der Waals surface area contributed by atoms with Gasteiger partial charge in [-0.3, -0.25) is 9.78 Å². The minimum absolute atomic E-state index is 0.0438. The molecule has 1 aliphatic rings. The van der Waals surface area contributed by atoms with E-state index in [1.807, 2.05) is 49.3 Å². The molecule has 1 fully saturated rings. The molecule has 0 aliphatic carbocycles. The molecule has 1 aromatic heterocycles. The first-order valence-corrected chi connectivity index (χ1v) is 7.49. The smallest absolute Gasteiger partial charge is 0.223 e. The molecule has 0 radical (unpaired) electrons. The summed E-state index contributed by atoms with van der Waals surface area (Å²) in [6.07, 6.45) is 4.99. The standard InChI is InChI=1S/C17H21N3O/c1-11(2)20-16(21)8-7-15(18)17(20)14-10-19-9-12-5-3-4-6-13(12)14/h3-6,9-11,15,17H,7-8,18H2,1-2H3. The van der Waals surface area contributed by atoms with Gasteiger partial charge in [0.2, 0.25) is 5.91 Å². The van der Waals surface area contributed by atoms with Crippen LogP contribution in [-0.4, -0.2) is 27.9 Å². The fourth-order valence-electron chi connectivity index (χ4n) is 3.30. The average molecular weight is 283 g/mol. The first kappa shape index (κ1) is 14.0. The predicted molar refractivity (Wildman–Crippen MR) is 83.7 cm³/mol. The second kappa shape index (κ2) is 5.45. The van der Waals surface area contributed by atoms with Crippen molar-refractivity contribution in [2.75, 3.05) is 0 Å². The van der Waals surface area contributed by atoms with Crippen LogP contribution in [0.3, 0.4) is 0 Å². The van der Waals surface area contributed by atoms with E-state index >= 15 is 0 Å². The molecule has 0 bridgehead atoms. The molecule has 1 saturated heterocycles. The van der Waals surface area contributed by atoms with Gasteiger partial charge in [-0.1, -0.05) is 24.3 Å². The predicted octanol–water partition coefficient (Wildman–Crippen LogP) is 2.63. The zero-order valence-electron chi connectivity index (χ0n) is 12.5. The third-order valence-electron chi connectivity index (χ3n) is 4.26. The van der Waals surface area contributed by atoms with Crippen molar-refractivity contribution in [2.45, 2.75) is 44.8 Å². The van der Waals surface area contributed by atoms with Gasteiger partial charge in [0.15, 0.2) is 0 Å². The van der Waals surface area contributed by atoms with Crippen LogP contribution in [0.25, 0.3) is 10.8 Å². The zero-order valence-corrected chi connectivity index (χ0v) is 12.5. The highest BCUT2D eigenvalue weighted by Crippen LogP contribution is 2.35. The number of benzene rings is 1. The average Bonchev–Trinajstić information content (AvgIpc) is 2.48. The maximum absolute atomic E-state index is 12.4. The van der Waals surface area contributed by atoms with Gasteiger partial charge in [0.25, 0.3) is 0 Å². The number of likely N-dealkylation sites (tertiary alicyclic amines) is 1. The lowest BCUT2D eigenvalue weighted by Gasteiger charge is -2.42. The van der Waals surface area contributed by atoms with Crippen molar-refractivity contribution in [3.05, 3.63) is 42.2 Å². The largest absolute Gasteiger partial charge is 0.332 e. The number of pyridine rings is 1. The normalized spacial score (nSPS) is 23.0. The number of fused-ring (bicyclic) bond motifs is 1. The van der Waals surface area contributed by atoms with Gasteiger partial charge in [-0.2, -0.15) is 0 Å². The Hall–Kier alpha value is -1.94. The van der Waals surface area contributed by atoms with Crippen LogP contribution in [-0.2, 0) is 4.79 Å². The van der Waals surface area contributed by atoms with Crippen LogP contribution >= 0.6 is 0 Å². The van der Waals surface area contributed by atoms with E-state index in [1.165, 1.54) is 0 Å². The Balaban J connectivity index is 2.16. The van der Waals surface area contributed by atoms with Crippen LogP contribution in [0.2, 0.25) is 0 Å². The van der Waals surface area contributed by atoms with Crippen molar-refractivity contribution in [3.8, 4) is 0 Å². The van der Waals surface area contributed by atoms with Crippen molar-refractivity contribution >= 4 is 16.7 Å². The van der Waals surface area contributed by atoms with Crippen molar-refractivity contribution in [3.63, 3.8) is 0 Å². The molecule has 0 spiro atoms. The van der Waals surface area contributed by atoms with Gasteiger partial charge in [0.05, 0.1) is 6.04 Å². The van der Waals surface area contributed by atoms with E-state index in [0.717, 1.165) is 22.8 Å². The molecule has 1 aromatic carbocycles. The maximum Gasteiger partial charge on any atom is 0.223 e. The first-order valence-electron chi connectivity index (χ1n) is 7.49. The summed E-state index contributed by atoms with van der Waals surface area (Å²) in [6.45, 7) is 4.09. The lowest BCUT2D eigenvalue weighted by atomic mass is 9.88. The van der Waals surface area contributed by atoms with Crippen LogP contribution in [0.1, 0.15) is 38.3 Å². The zero-order chi connectivity index (χ0) is 15.0. The Kier molecular flexibility index (Phi) is 3.64. The molecule has 4 nitrogen and oxygen atoms in total. The van der Waals surface area contributed by atoms with Gasteiger partial charge in [0.1, 0.15) is 0 Å².